The molecule has 0 radical (unpaired) electrons. The molecule has 2 nitrogen and oxygen atoms in total. The number of nitrogens with zero attached hydrogens (tertiary/aromatic N) is 1. The molecular formula is C14H22N2. The molecule has 2 heteroatoms. The Labute approximate surface area is 98.4 Å². The van der Waals surface area contributed by atoms with Crippen LogP contribution in [-0.4, -0.2) is 12.6 Å². The molecule has 1 aromatic rings. The molecular weight excluding hydrogens is 196 g/mol. The minimum absolute atomic E-state index is 0.620. The second kappa shape index (κ2) is 4.36. The highest BCUT2D eigenvalue weighted by molar-refractivity contribution is 5.59. The van der Waals surface area contributed by atoms with Crippen molar-refractivity contribution in [3.05, 3.63) is 23.8 Å². The Balaban J connectivity index is 2.28. The van der Waals surface area contributed by atoms with Crippen LogP contribution in [0, 0.1) is 12.8 Å². The maximum absolute atomic E-state index is 5.92. The number of hydrogen-bond donors (Lipinski definition) is 1. The molecule has 0 saturated carbocycles. The van der Waals surface area contributed by atoms with E-state index in [2.05, 4.69) is 37.8 Å². The number of aryl methyl sites for hydroxylation is 1. The summed E-state index contributed by atoms with van der Waals surface area (Å²) in [5.74, 6) is 0.774. The van der Waals surface area contributed by atoms with Gasteiger partial charge in [0.05, 0.1) is 0 Å². The third-order valence-electron chi connectivity index (χ3n) is 3.79. The third-order valence-corrected chi connectivity index (χ3v) is 3.79. The number of hydrogen-bond acceptors (Lipinski definition) is 2. The molecule has 2 unspecified atom stereocenters. The lowest BCUT2D eigenvalue weighted by atomic mass is 9.91. The van der Waals surface area contributed by atoms with Crippen LogP contribution in [0.3, 0.4) is 0 Å². The first-order valence-electron chi connectivity index (χ1n) is 6.22. The Kier molecular flexibility index (Phi) is 3.08. The Hall–Kier alpha value is -1.18. The average molecular weight is 218 g/mol. The number of nitrogens with two attached hydrogens (primary N) is 1. The van der Waals surface area contributed by atoms with E-state index < -0.39 is 0 Å². The first-order chi connectivity index (χ1) is 7.58. The van der Waals surface area contributed by atoms with Gasteiger partial charge >= 0.3 is 0 Å². The quantitative estimate of drug-likeness (QED) is 0.733. The van der Waals surface area contributed by atoms with Gasteiger partial charge in [-0.05, 0) is 56.4 Å². The minimum Gasteiger partial charge on any atom is -0.399 e. The summed E-state index contributed by atoms with van der Waals surface area (Å²) >= 11 is 0. The van der Waals surface area contributed by atoms with Gasteiger partial charge in [-0.2, -0.15) is 0 Å². The first kappa shape index (κ1) is 11.3. The van der Waals surface area contributed by atoms with E-state index in [4.69, 9.17) is 5.73 Å². The number of anilines is 2. The van der Waals surface area contributed by atoms with Crippen molar-refractivity contribution in [2.75, 3.05) is 17.2 Å². The monoisotopic (exact) mass is 218 g/mol. The predicted octanol–water partition coefficient (Wildman–Crippen LogP) is 3.20. The zero-order valence-corrected chi connectivity index (χ0v) is 10.5. The summed E-state index contributed by atoms with van der Waals surface area (Å²) in [6.45, 7) is 7.94. The predicted molar refractivity (Wildman–Crippen MR) is 70.8 cm³/mol. The van der Waals surface area contributed by atoms with Gasteiger partial charge in [0.25, 0.3) is 0 Å². The molecule has 0 aliphatic carbocycles. The standard InChI is InChI=1S/C14H22N2/c1-10-7-13(15)9-14(8-10)16-6-4-5-11(2)12(16)3/h7-9,11-12H,4-6,15H2,1-3H3. The average Bonchev–Trinajstić information content (AvgIpc) is 2.20. The topological polar surface area (TPSA) is 29.3 Å². The zero-order valence-electron chi connectivity index (χ0n) is 10.5. The first-order valence-corrected chi connectivity index (χ1v) is 6.22. The maximum Gasteiger partial charge on any atom is 0.0392 e. The Bertz CT molecular complexity index is 353. The maximum atomic E-state index is 5.92. The largest absolute Gasteiger partial charge is 0.399 e. The van der Waals surface area contributed by atoms with Crippen LogP contribution in [0.15, 0.2) is 18.2 Å². The highest BCUT2D eigenvalue weighted by Crippen LogP contribution is 2.30. The second-order valence-electron chi connectivity index (χ2n) is 5.16. The second-order valence-corrected chi connectivity index (χ2v) is 5.16. The number of piperidine rings is 1. The van der Waals surface area contributed by atoms with Gasteiger partial charge in [0.1, 0.15) is 0 Å². The van der Waals surface area contributed by atoms with E-state index in [-0.39, 0.29) is 0 Å². The van der Waals surface area contributed by atoms with Gasteiger partial charge in [-0.3, -0.25) is 0 Å². The van der Waals surface area contributed by atoms with Crippen LogP contribution < -0.4 is 10.6 Å². The summed E-state index contributed by atoms with van der Waals surface area (Å²) < 4.78 is 0. The lowest BCUT2D eigenvalue weighted by molar-refractivity contribution is 0.363. The summed E-state index contributed by atoms with van der Waals surface area (Å²) in [6.07, 6.45) is 2.64. The molecule has 16 heavy (non-hydrogen) atoms. The van der Waals surface area contributed by atoms with E-state index in [1.54, 1.807) is 0 Å². The van der Waals surface area contributed by atoms with Gasteiger partial charge < -0.3 is 10.6 Å². The van der Waals surface area contributed by atoms with Crippen molar-refractivity contribution in [1.82, 2.24) is 0 Å². The van der Waals surface area contributed by atoms with Crippen molar-refractivity contribution < 1.29 is 0 Å². The zero-order chi connectivity index (χ0) is 11.7. The fourth-order valence-corrected chi connectivity index (χ4v) is 2.66. The van der Waals surface area contributed by atoms with Gasteiger partial charge in [0.15, 0.2) is 0 Å². The number of nitrogen functional groups attached to an aromatic ring is 1. The van der Waals surface area contributed by atoms with Crippen molar-refractivity contribution in [1.29, 1.82) is 0 Å². The molecule has 1 fully saturated rings. The van der Waals surface area contributed by atoms with Crippen LogP contribution >= 0.6 is 0 Å². The highest BCUT2D eigenvalue weighted by atomic mass is 15.2. The molecule has 0 bridgehead atoms. The molecule has 2 N–H and O–H groups in total. The molecule has 88 valence electrons. The van der Waals surface area contributed by atoms with Crippen molar-refractivity contribution in [3.8, 4) is 0 Å². The fraction of sp³-hybridized carbons (Fsp3) is 0.571. The molecule has 0 spiro atoms. The summed E-state index contributed by atoms with van der Waals surface area (Å²) in [7, 11) is 0. The van der Waals surface area contributed by atoms with Gasteiger partial charge in [-0.25, -0.2) is 0 Å². The third kappa shape index (κ3) is 2.16. The summed E-state index contributed by atoms with van der Waals surface area (Å²) in [6, 6.07) is 6.99. The van der Waals surface area contributed by atoms with Crippen LogP contribution in [0.4, 0.5) is 11.4 Å². The molecule has 2 rings (SSSR count). The van der Waals surface area contributed by atoms with Crippen LogP contribution in [0.5, 0.6) is 0 Å². The number of rotatable bonds is 1. The number of benzene rings is 1. The smallest absolute Gasteiger partial charge is 0.0392 e. The van der Waals surface area contributed by atoms with E-state index in [9.17, 15) is 0 Å². The van der Waals surface area contributed by atoms with Crippen LogP contribution in [0.25, 0.3) is 0 Å². The Morgan fingerprint density at radius 2 is 2.00 bits per heavy atom. The lowest BCUT2D eigenvalue weighted by Crippen LogP contribution is -2.42. The van der Waals surface area contributed by atoms with E-state index in [1.165, 1.54) is 24.1 Å². The van der Waals surface area contributed by atoms with Crippen LogP contribution in [0.2, 0.25) is 0 Å². The summed E-state index contributed by atoms with van der Waals surface area (Å²) in [5, 5.41) is 0. The van der Waals surface area contributed by atoms with Gasteiger partial charge in [-0.1, -0.05) is 6.92 Å². The molecule has 1 aliphatic heterocycles. The molecule has 1 heterocycles. The van der Waals surface area contributed by atoms with Gasteiger partial charge in [0.2, 0.25) is 0 Å². The van der Waals surface area contributed by atoms with Gasteiger partial charge in [-0.15, -0.1) is 0 Å². The van der Waals surface area contributed by atoms with E-state index in [0.29, 0.717) is 6.04 Å². The Morgan fingerprint density at radius 1 is 1.25 bits per heavy atom. The molecule has 1 aromatic carbocycles. The SMILES string of the molecule is Cc1cc(N)cc(N2CCCC(C)C2C)c1. The van der Waals surface area contributed by atoms with E-state index >= 15 is 0 Å². The normalized spacial score (nSPS) is 25.8. The van der Waals surface area contributed by atoms with Gasteiger partial charge in [0, 0.05) is 24.0 Å². The summed E-state index contributed by atoms with van der Waals surface area (Å²) in [5.41, 5.74) is 9.33. The minimum atomic E-state index is 0.620. The van der Waals surface area contributed by atoms with E-state index in [1.807, 2.05) is 6.07 Å². The van der Waals surface area contributed by atoms with Crippen LogP contribution in [0.1, 0.15) is 32.3 Å². The molecule has 1 aliphatic rings. The van der Waals surface area contributed by atoms with Crippen molar-refractivity contribution in [2.45, 2.75) is 39.7 Å². The van der Waals surface area contributed by atoms with Crippen molar-refractivity contribution in [2.24, 2.45) is 5.92 Å². The molecule has 1 saturated heterocycles. The lowest BCUT2D eigenvalue weighted by Gasteiger charge is -2.40. The molecule has 2 atom stereocenters. The Morgan fingerprint density at radius 3 is 2.69 bits per heavy atom. The fourth-order valence-electron chi connectivity index (χ4n) is 2.66. The highest BCUT2D eigenvalue weighted by Gasteiger charge is 2.24. The van der Waals surface area contributed by atoms with Crippen molar-refractivity contribution in [3.63, 3.8) is 0 Å². The van der Waals surface area contributed by atoms with Crippen molar-refractivity contribution >= 4 is 11.4 Å². The molecule has 0 amide bonds. The van der Waals surface area contributed by atoms with Crippen LogP contribution in [-0.2, 0) is 0 Å². The summed E-state index contributed by atoms with van der Waals surface area (Å²) in [4.78, 5) is 2.50. The van der Waals surface area contributed by atoms with E-state index in [0.717, 1.165) is 18.2 Å². The molecule has 0 aromatic heterocycles.